The fourth-order valence-corrected chi connectivity index (χ4v) is 4.20. The Balaban J connectivity index is 1.58. The number of pyridine rings is 1. The number of allylic oxidation sites excluding steroid dienone is 2. The molecule has 0 radical (unpaired) electrons. The summed E-state index contributed by atoms with van der Waals surface area (Å²) in [6, 6.07) is 1.87. The van der Waals surface area contributed by atoms with Crippen molar-refractivity contribution in [2.45, 2.75) is 26.7 Å². The van der Waals surface area contributed by atoms with E-state index in [9.17, 15) is 4.79 Å². The number of nitrogens with one attached hydrogen (secondary N) is 1. The van der Waals surface area contributed by atoms with Gasteiger partial charge in [0.15, 0.2) is 5.65 Å². The zero-order chi connectivity index (χ0) is 16.1. The summed E-state index contributed by atoms with van der Waals surface area (Å²) in [6.45, 7) is 4.60. The minimum Gasteiger partial charge on any atom is -0.352 e. The van der Waals surface area contributed by atoms with Crippen molar-refractivity contribution in [3.63, 3.8) is 0 Å². The maximum atomic E-state index is 12.7. The van der Waals surface area contributed by atoms with Crippen LogP contribution in [0.3, 0.4) is 0 Å². The molecule has 2 aliphatic rings. The van der Waals surface area contributed by atoms with Gasteiger partial charge < -0.3 is 5.32 Å². The molecule has 1 N–H and O–H groups in total. The molecule has 0 aliphatic heterocycles. The number of carbonyl (C=O) groups excluding carboxylic acids is 1. The third-order valence-corrected chi connectivity index (χ3v) is 5.28. The summed E-state index contributed by atoms with van der Waals surface area (Å²) < 4.78 is 1.75. The van der Waals surface area contributed by atoms with Crippen molar-refractivity contribution in [3.05, 3.63) is 35.2 Å². The van der Waals surface area contributed by atoms with Gasteiger partial charge in [0.25, 0.3) is 5.91 Å². The van der Waals surface area contributed by atoms with Gasteiger partial charge in [-0.2, -0.15) is 5.10 Å². The third-order valence-electron chi connectivity index (χ3n) is 5.28. The standard InChI is InChI=1S/C18H22N4O/c1-10-6-15(16-11(2)21-22(3)17(16)20-10)18(23)19-9-14-8-12-4-5-13(14)7-12/h4-6,12-14H,7-9H2,1-3H3,(H,19,23)/t12-,13+,14+/m1/s1. The number of nitrogens with zero attached hydrogens (tertiary/aromatic N) is 3. The quantitative estimate of drug-likeness (QED) is 0.886. The predicted octanol–water partition coefficient (Wildman–Crippen LogP) is 2.53. The first-order valence-corrected chi connectivity index (χ1v) is 8.30. The van der Waals surface area contributed by atoms with Gasteiger partial charge in [-0.1, -0.05) is 12.2 Å². The molecule has 23 heavy (non-hydrogen) atoms. The molecule has 2 aliphatic carbocycles. The van der Waals surface area contributed by atoms with E-state index >= 15 is 0 Å². The van der Waals surface area contributed by atoms with Crippen LogP contribution in [0.15, 0.2) is 18.2 Å². The summed E-state index contributed by atoms with van der Waals surface area (Å²) in [6.07, 6.45) is 7.13. The normalized spacial score (nSPS) is 25.4. The van der Waals surface area contributed by atoms with Crippen LogP contribution in [0.2, 0.25) is 0 Å². The Bertz CT molecular complexity index is 820. The SMILES string of the molecule is Cc1cc(C(=O)NC[C@@H]2C[C@@H]3C=C[C@H]2C3)c2c(C)nn(C)c2n1. The molecule has 2 aromatic rings. The van der Waals surface area contributed by atoms with Gasteiger partial charge in [0.1, 0.15) is 0 Å². The van der Waals surface area contributed by atoms with Crippen LogP contribution >= 0.6 is 0 Å². The van der Waals surface area contributed by atoms with Crippen molar-refractivity contribution in [2.24, 2.45) is 24.8 Å². The highest BCUT2D eigenvalue weighted by molar-refractivity contribution is 6.06. The van der Waals surface area contributed by atoms with Crippen molar-refractivity contribution >= 4 is 16.9 Å². The summed E-state index contributed by atoms with van der Waals surface area (Å²) in [5.74, 6) is 1.96. The van der Waals surface area contributed by atoms with Gasteiger partial charge >= 0.3 is 0 Å². The Morgan fingerprint density at radius 2 is 2.17 bits per heavy atom. The monoisotopic (exact) mass is 310 g/mol. The first-order valence-electron chi connectivity index (χ1n) is 8.30. The summed E-state index contributed by atoms with van der Waals surface area (Å²) in [5, 5.41) is 8.42. The molecule has 0 aromatic carbocycles. The molecule has 4 rings (SSSR count). The number of fused-ring (bicyclic) bond motifs is 3. The van der Waals surface area contributed by atoms with Crippen molar-refractivity contribution < 1.29 is 4.79 Å². The van der Waals surface area contributed by atoms with Crippen LogP contribution in [-0.4, -0.2) is 27.2 Å². The minimum atomic E-state index is -0.0108. The lowest BCUT2D eigenvalue weighted by atomic mass is 9.93. The molecule has 5 nitrogen and oxygen atoms in total. The molecule has 0 saturated heterocycles. The summed E-state index contributed by atoms with van der Waals surface area (Å²) in [7, 11) is 1.87. The lowest BCUT2D eigenvalue weighted by Crippen LogP contribution is -2.31. The molecule has 5 heteroatoms. The maximum Gasteiger partial charge on any atom is 0.252 e. The summed E-state index contributed by atoms with van der Waals surface area (Å²) in [5.41, 5.74) is 3.16. The molecule has 2 bridgehead atoms. The van der Waals surface area contributed by atoms with Gasteiger partial charge in [-0.05, 0) is 50.5 Å². The molecule has 3 atom stereocenters. The Morgan fingerprint density at radius 3 is 2.87 bits per heavy atom. The van der Waals surface area contributed by atoms with Gasteiger partial charge in [0.05, 0.1) is 16.6 Å². The van der Waals surface area contributed by atoms with Crippen LogP contribution in [0.5, 0.6) is 0 Å². The average Bonchev–Trinajstić information content (AvgIpc) is 3.20. The number of aryl methyl sites for hydroxylation is 3. The van der Waals surface area contributed by atoms with Crippen molar-refractivity contribution in [1.82, 2.24) is 20.1 Å². The molecule has 0 spiro atoms. The second kappa shape index (κ2) is 5.18. The van der Waals surface area contributed by atoms with E-state index in [4.69, 9.17) is 0 Å². The number of carbonyl (C=O) groups is 1. The van der Waals surface area contributed by atoms with E-state index in [1.54, 1.807) is 4.68 Å². The van der Waals surface area contributed by atoms with Crippen molar-refractivity contribution in [3.8, 4) is 0 Å². The van der Waals surface area contributed by atoms with Gasteiger partial charge in [0, 0.05) is 19.3 Å². The number of aromatic nitrogens is 3. The molecule has 2 heterocycles. The van der Waals surface area contributed by atoms with Crippen molar-refractivity contribution in [1.29, 1.82) is 0 Å². The van der Waals surface area contributed by atoms with Gasteiger partial charge in [-0.3, -0.25) is 9.48 Å². The van der Waals surface area contributed by atoms with E-state index in [1.807, 2.05) is 27.0 Å². The Hall–Kier alpha value is -2.17. The van der Waals surface area contributed by atoms with E-state index in [1.165, 1.54) is 12.8 Å². The Labute approximate surface area is 135 Å². The van der Waals surface area contributed by atoms with Gasteiger partial charge in [0.2, 0.25) is 0 Å². The van der Waals surface area contributed by atoms with Gasteiger partial charge in [-0.15, -0.1) is 0 Å². The zero-order valence-electron chi connectivity index (χ0n) is 13.8. The molecule has 120 valence electrons. The molecular formula is C18H22N4O. The van der Waals surface area contributed by atoms with Crippen LogP contribution in [-0.2, 0) is 7.05 Å². The van der Waals surface area contributed by atoms with Crippen LogP contribution in [0.4, 0.5) is 0 Å². The first kappa shape index (κ1) is 14.4. The van der Waals surface area contributed by atoms with Crippen LogP contribution in [0, 0.1) is 31.6 Å². The smallest absolute Gasteiger partial charge is 0.252 e. The number of amides is 1. The molecule has 1 fully saturated rings. The second-order valence-corrected chi connectivity index (χ2v) is 6.97. The molecule has 0 unspecified atom stereocenters. The molecule has 2 aromatic heterocycles. The highest BCUT2D eigenvalue weighted by atomic mass is 16.1. The van der Waals surface area contributed by atoms with Gasteiger partial charge in [-0.25, -0.2) is 4.98 Å². The first-order chi connectivity index (χ1) is 11.0. The molecule has 1 saturated carbocycles. The fraction of sp³-hybridized carbons (Fsp3) is 0.500. The van der Waals surface area contributed by atoms with Crippen LogP contribution in [0.1, 0.15) is 34.6 Å². The largest absolute Gasteiger partial charge is 0.352 e. The highest BCUT2D eigenvalue weighted by Gasteiger charge is 2.35. The molecular weight excluding hydrogens is 288 g/mol. The summed E-state index contributed by atoms with van der Waals surface area (Å²) in [4.78, 5) is 17.3. The van der Waals surface area contributed by atoms with E-state index < -0.39 is 0 Å². The lowest BCUT2D eigenvalue weighted by molar-refractivity contribution is 0.0946. The van der Waals surface area contributed by atoms with Crippen LogP contribution < -0.4 is 5.32 Å². The molecule has 1 amide bonds. The fourth-order valence-electron chi connectivity index (χ4n) is 4.20. The van der Waals surface area contributed by atoms with Crippen molar-refractivity contribution in [2.75, 3.05) is 6.54 Å². The second-order valence-electron chi connectivity index (χ2n) is 6.97. The predicted molar refractivity (Wildman–Crippen MR) is 89.2 cm³/mol. The Kier molecular flexibility index (Phi) is 3.25. The lowest BCUT2D eigenvalue weighted by Gasteiger charge is -2.18. The van der Waals surface area contributed by atoms with E-state index in [-0.39, 0.29) is 5.91 Å². The van der Waals surface area contributed by atoms with E-state index in [2.05, 4.69) is 27.6 Å². The Morgan fingerprint density at radius 1 is 1.35 bits per heavy atom. The minimum absolute atomic E-state index is 0.0108. The highest BCUT2D eigenvalue weighted by Crippen LogP contribution is 2.43. The maximum absolute atomic E-state index is 12.7. The number of hydrogen-bond donors (Lipinski definition) is 1. The zero-order valence-corrected chi connectivity index (χ0v) is 13.8. The topological polar surface area (TPSA) is 59.8 Å². The third kappa shape index (κ3) is 2.35. The van der Waals surface area contributed by atoms with Crippen LogP contribution in [0.25, 0.3) is 11.0 Å². The number of hydrogen-bond acceptors (Lipinski definition) is 3. The summed E-state index contributed by atoms with van der Waals surface area (Å²) >= 11 is 0. The van der Waals surface area contributed by atoms with E-state index in [0.717, 1.165) is 34.9 Å². The van der Waals surface area contributed by atoms with E-state index in [0.29, 0.717) is 17.4 Å². The average molecular weight is 310 g/mol. The number of rotatable bonds is 3.